The summed E-state index contributed by atoms with van der Waals surface area (Å²) in [5, 5.41) is 2.79. The highest BCUT2D eigenvalue weighted by Gasteiger charge is 2.25. The van der Waals surface area contributed by atoms with E-state index in [1.807, 2.05) is 0 Å². The van der Waals surface area contributed by atoms with Gasteiger partial charge in [-0.2, -0.15) is 4.31 Å². The summed E-state index contributed by atoms with van der Waals surface area (Å²) in [6, 6.07) is 13.1. The summed E-state index contributed by atoms with van der Waals surface area (Å²) in [7, 11) is -3.50. The number of rotatable bonds is 6. The minimum absolute atomic E-state index is 0.0568. The Morgan fingerprint density at radius 2 is 1.61 bits per heavy atom. The average molecular weight is 401 g/mol. The maximum atomic E-state index is 12.8. The third-order valence-electron chi connectivity index (χ3n) is 4.86. The molecule has 7 heteroatoms. The third kappa shape index (κ3) is 4.66. The van der Waals surface area contributed by atoms with Crippen molar-refractivity contribution in [3.63, 3.8) is 0 Å². The highest BCUT2D eigenvalue weighted by molar-refractivity contribution is 7.89. The summed E-state index contributed by atoms with van der Waals surface area (Å²) in [5.41, 5.74) is 1.71. The molecule has 3 rings (SSSR count). The standard InChI is InChI=1S/C21H24N2O4S/c1-16(24)18-8-10-19(11-9-18)21(25)22-15-17-6-5-7-20(14-17)28(26,27)23-12-3-2-4-13-23/h5-11,14H,2-4,12-13,15H2,1H3,(H,22,25). The van der Waals surface area contributed by atoms with Gasteiger partial charge < -0.3 is 5.32 Å². The number of nitrogens with zero attached hydrogens (tertiary/aromatic N) is 1. The van der Waals surface area contributed by atoms with Gasteiger partial charge in [0.15, 0.2) is 5.78 Å². The molecule has 0 spiro atoms. The van der Waals surface area contributed by atoms with E-state index in [9.17, 15) is 18.0 Å². The first kappa shape index (κ1) is 20.2. The van der Waals surface area contributed by atoms with Crippen LogP contribution in [0.5, 0.6) is 0 Å². The first-order chi connectivity index (χ1) is 13.4. The lowest BCUT2D eigenvalue weighted by molar-refractivity contribution is 0.0948. The Morgan fingerprint density at radius 1 is 0.964 bits per heavy atom. The van der Waals surface area contributed by atoms with Crippen molar-refractivity contribution in [2.24, 2.45) is 0 Å². The zero-order valence-corrected chi connectivity index (χ0v) is 16.7. The van der Waals surface area contributed by atoms with Gasteiger partial charge in [0.2, 0.25) is 10.0 Å². The lowest BCUT2D eigenvalue weighted by Gasteiger charge is -2.26. The first-order valence-electron chi connectivity index (χ1n) is 9.36. The van der Waals surface area contributed by atoms with Gasteiger partial charge in [-0.25, -0.2) is 8.42 Å². The minimum atomic E-state index is -3.50. The lowest BCUT2D eigenvalue weighted by Crippen LogP contribution is -2.35. The highest BCUT2D eigenvalue weighted by Crippen LogP contribution is 2.21. The Bertz CT molecular complexity index is 962. The molecule has 0 aliphatic carbocycles. The number of carbonyl (C=O) groups excluding carboxylic acids is 2. The van der Waals surface area contributed by atoms with Gasteiger partial charge in [0.25, 0.3) is 5.91 Å². The second-order valence-electron chi connectivity index (χ2n) is 6.93. The van der Waals surface area contributed by atoms with Crippen molar-refractivity contribution in [3.8, 4) is 0 Å². The zero-order valence-electron chi connectivity index (χ0n) is 15.8. The molecule has 0 saturated carbocycles. The number of ketones is 1. The third-order valence-corrected chi connectivity index (χ3v) is 6.75. The minimum Gasteiger partial charge on any atom is -0.348 e. The monoisotopic (exact) mass is 400 g/mol. The Balaban J connectivity index is 1.67. The predicted molar refractivity (Wildman–Crippen MR) is 107 cm³/mol. The van der Waals surface area contributed by atoms with Crippen LogP contribution in [-0.4, -0.2) is 37.5 Å². The van der Waals surface area contributed by atoms with Crippen molar-refractivity contribution in [1.29, 1.82) is 0 Å². The van der Waals surface area contributed by atoms with E-state index in [2.05, 4.69) is 5.32 Å². The van der Waals surface area contributed by atoms with E-state index in [1.54, 1.807) is 48.5 Å². The second kappa shape index (κ2) is 8.67. The topological polar surface area (TPSA) is 83.5 Å². The summed E-state index contributed by atoms with van der Waals surface area (Å²) in [6.07, 6.45) is 2.83. The number of benzene rings is 2. The van der Waals surface area contributed by atoms with Gasteiger partial charge in [-0.3, -0.25) is 9.59 Å². The predicted octanol–water partition coefficient (Wildman–Crippen LogP) is 2.99. The van der Waals surface area contributed by atoms with Crippen LogP contribution >= 0.6 is 0 Å². The molecule has 0 aromatic heterocycles. The quantitative estimate of drug-likeness (QED) is 0.756. The fourth-order valence-electron chi connectivity index (χ4n) is 3.21. The van der Waals surface area contributed by atoms with E-state index in [0.29, 0.717) is 29.8 Å². The number of hydrogen-bond donors (Lipinski definition) is 1. The van der Waals surface area contributed by atoms with Gasteiger partial charge in [0, 0.05) is 30.8 Å². The molecular weight excluding hydrogens is 376 g/mol. The van der Waals surface area contributed by atoms with Crippen LogP contribution in [-0.2, 0) is 16.6 Å². The van der Waals surface area contributed by atoms with E-state index in [-0.39, 0.29) is 23.1 Å². The van der Waals surface area contributed by atoms with E-state index < -0.39 is 10.0 Å². The Labute approximate surface area is 165 Å². The molecule has 148 valence electrons. The maximum absolute atomic E-state index is 12.8. The van der Waals surface area contributed by atoms with Crippen LogP contribution in [0, 0.1) is 0 Å². The van der Waals surface area contributed by atoms with Gasteiger partial charge >= 0.3 is 0 Å². The maximum Gasteiger partial charge on any atom is 0.251 e. The molecule has 2 aromatic rings. The number of carbonyl (C=O) groups is 2. The molecule has 1 saturated heterocycles. The van der Waals surface area contributed by atoms with Gasteiger partial charge in [0.1, 0.15) is 0 Å². The van der Waals surface area contributed by atoms with Crippen molar-refractivity contribution in [3.05, 3.63) is 65.2 Å². The molecule has 6 nitrogen and oxygen atoms in total. The molecule has 1 N–H and O–H groups in total. The fourth-order valence-corrected chi connectivity index (χ4v) is 4.80. The van der Waals surface area contributed by atoms with E-state index in [1.165, 1.54) is 11.2 Å². The van der Waals surface area contributed by atoms with Crippen LogP contribution in [0.25, 0.3) is 0 Å². The van der Waals surface area contributed by atoms with Gasteiger partial charge in [-0.15, -0.1) is 0 Å². The summed E-state index contributed by atoms with van der Waals surface area (Å²) in [4.78, 5) is 23.9. The molecule has 1 amide bonds. The zero-order chi connectivity index (χ0) is 20.1. The van der Waals surface area contributed by atoms with Crippen molar-refractivity contribution in [2.45, 2.75) is 37.6 Å². The molecule has 0 radical (unpaired) electrons. The summed E-state index contributed by atoms with van der Waals surface area (Å²) in [5.74, 6) is -0.335. The number of Topliss-reactive ketones (excluding diaryl/α,β-unsaturated/α-hetero) is 1. The Morgan fingerprint density at radius 3 is 2.25 bits per heavy atom. The van der Waals surface area contributed by atoms with Crippen LogP contribution in [0.2, 0.25) is 0 Å². The van der Waals surface area contributed by atoms with E-state index >= 15 is 0 Å². The van der Waals surface area contributed by atoms with Crippen molar-refractivity contribution >= 4 is 21.7 Å². The number of piperidine rings is 1. The Kier molecular flexibility index (Phi) is 6.26. The molecule has 0 unspecified atom stereocenters. The molecule has 0 bridgehead atoms. The molecule has 1 aliphatic heterocycles. The van der Waals surface area contributed by atoms with Crippen LogP contribution in [0.4, 0.5) is 0 Å². The number of nitrogens with one attached hydrogen (secondary N) is 1. The summed E-state index contributed by atoms with van der Waals surface area (Å²) >= 11 is 0. The first-order valence-corrected chi connectivity index (χ1v) is 10.8. The van der Waals surface area contributed by atoms with Gasteiger partial charge in [0.05, 0.1) is 4.90 Å². The van der Waals surface area contributed by atoms with Crippen LogP contribution in [0.1, 0.15) is 52.5 Å². The number of sulfonamides is 1. The highest BCUT2D eigenvalue weighted by atomic mass is 32.2. The van der Waals surface area contributed by atoms with Crippen molar-refractivity contribution < 1.29 is 18.0 Å². The van der Waals surface area contributed by atoms with Crippen LogP contribution in [0.15, 0.2) is 53.4 Å². The van der Waals surface area contributed by atoms with E-state index in [4.69, 9.17) is 0 Å². The molecule has 28 heavy (non-hydrogen) atoms. The van der Waals surface area contributed by atoms with Gasteiger partial charge in [-0.05, 0) is 49.6 Å². The van der Waals surface area contributed by atoms with Gasteiger partial charge in [-0.1, -0.05) is 30.7 Å². The molecule has 2 aromatic carbocycles. The molecular formula is C21H24N2O4S. The SMILES string of the molecule is CC(=O)c1ccc(C(=O)NCc2cccc(S(=O)(=O)N3CCCCC3)c2)cc1. The summed E-state index contributed by atoms with van der Waals surface area (Å²) < 4.78 is 27.1. The Hall–Kier alpha value is -2.51. The second-order valence-corrected chi connectivity index (χ2v) is 8.87. The smallest absolute Gasteiger partial charge is 0.251 e. The van der Waals surface area contributed by atoms with Crippen LogP contribution in [0.3, 0.4) is 0 Å². The summed E-state index contributed by atoms with van der Waals surface area (Å²) in [6.45, 7) is 2.80. The van der Waals surface area contributed by atoms with Crippen molar-refractivity contribution in [2.75, 3.05) is 13.1 Å². The normalized spacial score (nSPS) is 15.2. The molecule has 0 atom stereocenters. The van der Waals surface area contributed by atoms with E-state index in [0.717, 1.165) is 19.3 Å². The van der Waals surface area contributed by atoms with Crippen molar-refractivity contribution in [1.82, 2.24) is 9.62 Å². The molecule has 1 heterocycles. The molecule has 1 aliphatic rings. The van der Waals surface area contributed by atoms with Crippen LogP contribution < -0.4 is 5.32 Å². The largest absolute Gasteiger partial charge is 0.348 e. The lowest BCUT2D eigenvalue weighted by atomic mass is 10.1. The number of hydrogen-bond acceptors (Lipinski definition) is 4. The fraction of sp³-hybridized carbons (Fsp3) is 0.333. The number of amides is 1. The average Bonchev–Trinajstić information content (AvgIpc) is 2.73. The molecule has 1 fully saturated rings.